The molecule has 2 N–H and O–H groups in total. The van der Waals surface area contributed by atoms with Gasteiger partial charge < -0.3 is 10.6 Å². The van der Waals surface area contributed by atoms with Crippen LogP contribution in [0.15, 0.2) is 0 Å². The van der Waals surface area contributed by atoms with Gasteiger partial charge in [-0.25, -0.2) is 0 Å². The summed E-state index contributed by atoms with van der Waals surface area (Å²) in [5.41, 5.74) is 16.7. The van der Waals surface area contributed by atoms with Gasteiger partial charge in [-0.1, -0.05) is 0 Å². The first-order valence-electron chi connectivity index (χ1n) is 11.8. The first kappa shape index (κ1) is 25.2. The molecule has 0 aliphatic rings. The van der Waals surface area contributed by atoms with E-state index >= 15 is 0 Å². The van der Waals surface area contributed by atoms with Crippen LogP contribution in [0.1, 0.15) is 69.5 Å². The lowest BCUT2D eigenvalue weighted by molar-refractivity contribution is 0.576. The van der Waals surface area contributed by atoms with E-state index in [2.05, 4.69) is 100 Å². The second-order valence-electron chi connectivity index (χ2n) is 9.91. The predicted octanol–water partition coefficient (Wildman–Crippen LogP) is 7.77. The molecular formula is C29H45N2+. The highest BCUT2D eigenvalue weighted by molar-refractivity contribution is 5.65. The van der Waals surface area contributed by atoms with Gasteiger partial charge in [-0.2, -0.15) is 0 Å². The molecule has 0 amide bonds. The molecule has 0 heterocycles. The molecule has 2 atom stereocenters. The molecule has 170 valence electrons. The smallest absolute Gasteiger partial charge is 0.112 e. The van der Waals surface area contributed by atoms with Crippen LogP contribution in [0.3, 0.4) is 0 Å². The summed E-state index contributed by atoms with van der Waals surface area (Å²) >= 11 is 0. The van der Waals surface area contributed by atoms with E-state index in [9.17, 15) is 0 Å². The minimum Gasteiger partial charge on any atom is -0.380 e. The summed E-state index contributed by atoms with van der Waals surface area (Å²) in [4.78, 5) is 0. The average molecular weight is 422 g/mol. The van der Waals surface area contributed by atoms with Crippen molar-refractivity contribution in [2.45, 2.75) is 83.1 Å². The van der Waals surface area contributed by atoms with Gasteiger partial charge in [0, 0.05) is 11.4 Å². The van der Waals surface area contributed by atoms with Gasteiger partial charge in [0.15, 0.2) is 0 Å². The molecular weight excluding hydrogens is 376 g/mol. The van der Waals surface area contributed by atoms with Crippen molar-refractivity contribution in [3.05, 3.63) is 62.1 Å². The zero-order valence-electron chi connectivity index (χ0n) is 22.1. The van der Waals surface area contributed by atoms with Gasteiger partial charge in [-0.05, 0) is 139 Å². The third-order valence-electron chi connectivity index (χ3n) is 7.86. The Morgan fingerprint density at radius 3 is 0.935 bits per heavy atom. The molecule has 0 bridgehead atoms. The van der Waals surface area contributed by atoms with E-state index < -0.39 is 0 Å². The molecule has 0 aliphatic carbocycles. The van der Waals surface area contributed by atoms with Gasteiger partial charge in [0.2, 0.25) is 0 Å². The van der Waals surface area contributed by atoms with Gasteiger partial charge in [-0.3, -0.25) is 0 Å². The molecule has 2 aromatic rings. The number of hydrogen-bond donors (Lipinski definition) is 2. The summed E-state index contributed by atoms with van der Waals surface area (Å²) in [6.07, 6.45) is 2.48. The third kappa shape index (κ3) is 5.22. The molecule has 0 aromatic heterocycles. The van der Waals surface area contributed by atoms with Crippen molar-refractivity contribution < 1.29 is 0 Å². The Morgan fingerprint density at radius 2 is 0.677 bits per heavy atom. The van der Waals surface area contributed by atoms with Crippen LogP contribution in [-0.2, 0) is 0 Å². The molecule has 0 aliphatic heterocycles. The summed E-state index contributed by atoms with van der Waals surface area (Å²) in [7, 11) is 0. The average Bonchev–Trinajstić information content (AvgIpc) is 2.73. The SMILES string of the molecule is Cc1c(C)c(C)c(NCC(C)[CH+]C(C)CNc2c(C)c(C)c(C)c(C)c2C)c(C)c1C. The Kier molecular flexibility index (Phi) is 8.14. The van der Waals surface area contributed by atoms with E-state index in [1.54, 1.807) is 0 Å². The number of hydrogen-bond acceptors (Lipinski definition) is 2. The van der Waals surface area contributed by atoms with Crippen molar-refractivity contribution in [1.82, 2.24) is 0 Å². The van der Waals surface area contributed by atoms with Gasteiger partial charge in [0.1, 0.15) is 11.8 Å². The van der Waals surface area contributed by atoms with Gasteiger partial charge >= 0.3 is 0 Å². The lowest BCUT2D eigenvalue weighted by Gasteiger charge is -2.21. The first-order chi connectivity index (χ1) is 14.4. The fraction of sp³-hybridized carbons (Fsp3) is 0.552. The summed E-state index contributed by atoms with van der Waals surface area (Å²) in [5.74, 6) is 1.00. The molecule has 0 saturated carbocycles. The highest BCUT2D eigenvalue weighted by atomic mass is 14.9. The summed E-state index contributed by atoms with van der Waals surface area (Å²) in [6.45, 7) is 29.0. The van der Waals surface area contributed by atoms with Crippen molar-refractivity contribution in [1.29, 1.82) is 0 Å². The summed E-state index contributed by atoms with van der Waals surface area (Å²) < 4.78 is 0. The van der Waals surface area contributed by atoms with Crippen LogP contribution in [0.2, 0.25) is 0 Å². The van der Waals surface area contributed by atoms with E-state index in [0.717, 1.165) is 13.1 Å². The van der Waals surface area contributed by atoms with Crippen LogP contribution in [-0.4, -0.2) is 13.1 Å². The third-order valence-corrected chi connectivity index (χ3v) is 7.86. The number of nitrogens with one attached hydrogen (secondary N) is 2. The maximum atomic E-state index is 3.76. The fourth-order valence-electron chi connectivity index (χ4n) is 4.75. The van der Waals surface area contributed by atoms with Crippen LogP contribution in [0, 0.1) is 87.5 Å². The van der Waals surface area contributed by atoms with E-state index in [1.807, 2.05) is 0 Å². The van der Waals surface area contributed by atoms with Crippen LogP contribution < -0.4 is 10.6 Å². The summed E-state index contributed by atoms with van der Waals surface area (Å²) in [6, 6.07) is 0. The molecule has 0 radical (unpaired) electrons. The van der Waals surface area contributed by atoms with Gasteiger partial charge in [-0.15, -0.1) is 0 Å². The monoisotopic (exact) mass is 421 g/mol. The number of anilines is 2. The molecule has 0 fully saturated rings. The Hall–Kier alpha value is -2.09. The van der Waals surface area contributed by atoms with Crippen molar-refractivity contribution in [3.8, 4) is 0 Å². The molecule has 0 saturated heterocycles. The van der Waals surface area contributed by atoms with Crippen molar-refractivity contribution in [2.75, 3.05) is 23.7 Å². The van der Waals surface area contributed by atoms with Crippen LogP contribution in [0.4, 0.5) is 11.4 Å². The zero-order valence-corrected chi connectivity index (χ0v) is 22.1. The maximum Gasteiger partial charge on any atom is 0.112 e. The van der Waals surface area contributed by atoms with Crippen molar-refractivity contribution >= 4 is 11.4 Å². The molecule has 2 aromatic carbocycles. The minimum atomic E-state index is 0.501. The molecule has 2 heteroatoms. The Bertz CT molecular complexity index is 817. The molecule has 0 spiro atoms. The van der Waals surface area contributed by atoms with Crippen LogP contribution in [0.5, 0.6) is 0 Å². The second-order valence-corrected chi connectivity index (χ2v) is 9.91. The fourth-order valence-corrected chi connectivity index (χ4v) is 4.75. The van der Waals surface area contributed by atoms with Gasteiger partial charge in [0.25, 0.3) is 0 Å². The van der Waals surface area contributed by atoms with Crippen molar-refractivity contribution in [2.24, 2.45) is 11.8 Å². The Balaban J connectivity index is 1.99. The Labute approximate surface area is 192 Å². The first-order valence-corrected chi connectivity index (χ1v) is 11.8. The lowest BCUT2D eigenvalue weighted by Crippen LogP contribution is -2.21. The topological polar surface area (TPSA) is 24.1 Å². The highest BCUT2D eigenvalue weighted by Gasteiger charge is 2.21. The maximum absolute atomic E-state index is 3.76. The second kappa shape index (κ2) is 10.0. The minimum absolute atomic E-state index is 0.501. The van der Waals surface area contributed by atoms with Crippen LogP contribution in [0.25, 0.3) is 0 Å². The van der Waals surface area contributed by atoms with Crippen LogP contribution >= 0.6 is 0 Å². The zero-order chi connectivity index (χ0) is 23.6. The van der Waals surface area contributed by atoms with E-state index in [-0.39, 0.29) is 0 Å². The molecule has 2 rings (SSSR count). The highest BCUT2D eigenvalue weighted by Crippen LogP contribution is 2.32. The van der Waals surface area contributed by atoms with E-state index in [4.69, 9.17) is 0 Å². The van der Waals surface area contributed by atoms with Gasteiger partial charge in [0.05, 0.1) is 19.5 Å². The number of rotatable bonds is 8. The largest absolute Gasteiger partial charge is 0.380 e. The van der Waals surface area contributed by atoms with E-state index in [0.29, 0.717) is 11.8 Å². The summed E-state index contributed by atoms with van der Waals surface area (Å²) in [5, 5.41) is 7.51. The molecule has 2 nitrogen and oxygen atoms in total. The number of benzene rings is 2. The quantitative estimate of drug-likeness (QED) is 0.425. The standard InChI is InChI=1S/C29H45N2/c1-16(14-30-28-24(9)20(5)18(3)21(6)25(28)10)13-17(2)15-31-29-26(11)22(7)19(4)23(8)27(29)12/h13,16-17,30-31H,14-15H2,1-12H3/q+1. The normalized spacial score (nSPS) is 13.2. The molecule has 31 heavy (non-hydrogen) atoms. The predicted molar refractivity (Wildman–Crippen MR) is 140 cm³/mol. The van der Waals surface area contributed by atoms with Crippen molar-refractivity contribution in [3.63, 3.8) is 0 Å². The van der Waals surface area contributed by atoms with E-state index in [1.165, 1.54) is 67.0 Å². The Morgan fingerprint density at radius 1 is 0.452 bits per heavy atom. The lowest BCUT2D eigenvalue weighted by atomic mass is 9.91. The molecule has 2 unspecified atom stereocenters.